The van der Waals surface area contributed by atoms with Crippen LogP contribution in [0.3, 0.4) is 0 Å². The summed E-state index contributed by atoms with van der Waals surface area (Å²) in [5.41, 5.74) is 2.82. The highest BCUT2D eigenvalue weighted by Crippen LogP contribution is 2.36. The zero-order chi connectivity index (χ0) is 20.7. The fourth-order valence-electron chi connectivity index (χ4n) is 5.09. The minimum absolute atomic E-state index is 0.205. The van der Waals surface area contributed by atoms with E-state index in [0.717, 1.165) is 12.3 Å². The minimum Gasteiger partial charge on any atom is -0.198 e. The third-order valence-electron chi connectivity index (χ3n) is 7.14. The number of benzene rings is 1. The molecule has 0 N–H and O–H groups in total. The van der Waals surface area contributed by atoms with Gasteiger partial charge >= 0.3 is 0 Å². The van der Waals surface area contributed by atoms with Crippen LogP contribution in [0, 0.1) is 29.1 Å². The molecular weight excluding hydrogens is 350 g/mol. The summed E-state index contributed by atoms with van der Waals surface area (Å²) in [5, 5.41) is 9.79. The highest BCUT2D eigenvalue weighted by Gasteiger charge is 2.27. The van der Waals surface area contributed by atoms with E-state index in [1.165, 1.54) is 107 Å². The molecule has 1 unspecified atom stereocenters. The molecule has 1 aliphatic carbocycles. The number of hydrogen-bond acceptors (Lipinski definition) is 1. The van der Waals surface area contributed by atoms with Crippen molar-refractivity contribution in [2.24, 2.45) is 17.8 Å². The standard InChI is InChI=1S/C28H45N/c1-3-5-7-8-9-11-13-24-14-16-26(17-15-24)22-28(23-29)27-20-18-25(19-21-27)12-10-6-4-2/h14-17,25,27-28H,3-13,18-22H2,1-2H3/t25-,27-,28?. The third-order valence-corrected chi connectivity index (χ3v) is 7.14. The zero-order valence-corrected chi connectivity index (χ0v) is 19.3. The SMILES string of the molecule is CCCCCCCCc1ccc(CC(C#N)[C@H]2CC[C@H](CCCCC)CC2)cc1. The van der Waals surface area contributed by atoms with Crippen molar-refractivity contribution in [3.05, 3.63) is 35.4 Å². The van der Waals surface area contributed by atoms with Gasteiger partial charge in [-0.25, -0.2) is 0 Å². The van der Waals surface area contributed by atoms with Crippen LogP contribution in [0.2, 0.25) is 0 Å². The van der Waals surface area contributed by atoms with Crippen molar-refractivity contribution in [2.75, 3.05) is 0 Å². The number of nitrogens with zero attached hydrogens (tertiary/aromatic N) is 1. The largest absolute Gasteiger partial charge is 0.198 e. The highest BCUT2D eigenvalue weighted by atomic mass is 14.4. The first-order chi connectivity index (χ1) is 14.3. The van der Waals surface area contributed by atoms with E-state index in [9.17, 15) is 5.26 Å². The highest BCUT2D eigenvalue weighted by molar-refractivity contribution is 5.24. The smallest absolute Gasteiger partial charge is 0.0662 e. The number of rotatable bonds is 14. The first-order valence-electron chi connectivity index (χ1n) is 12.7. The van der Waals surface area contributed by atoms with Gasteiger partial charge in [-0.15, -0.1) is 0 Å². The lowest BCUT2D eigenvalue weighted by Crippen LogP contribution is -2.22. The molecule has 0 spiro atoms. The fourth-order valence-corrected chi connectivity index (χ4v) is 5.09. The fraction of sp³-hybridized carbons (Fsp3) is 0.750. The molecule has 1 fully saturated rings. The van der Waals surface area contributed by atoms with Crippen LogP contribution in [0.4, 0.5) is 0 Å². The van der Waals surface area contributed by atoms with E-state index in [1.54, 1.807) is 0 Å². The first-order valence-corrected chi connectivity index (χ1v) is 12.7. The molecule has 0 bridgehead atoms. The molecule has 0 amide bonds. The van der Waals surface area contributed by atoms with E-state index in [2.05, 4.69) is 44.2 Å². The summed E-state index contributed by atoms with van der Waals surface area (Å²) in [4.78, 5) is 0. The van der Waals surface area contributed by atoms with Gasteiger partial charge in [-0.1, -0.05) is 109 Å². The molecule has 162 valence electrons. The lowest BCUT2D eigenvalue weighted by Gasteiger charge is -2.31. The average Bonchev–Trinajstić information content (AvgIpc) is 2.76. The van der Waals surface area contributed by atoms with Gasteiger partial charge in [0.25, 0.3) is 0 Å². The van der Waals surface area contributed by atoms with Gasteiger partial charge in [-0.2, -0.15) is 5.26 Å². The summed E-state index contributed by atoms with van der Waals surface area (Å²) in [5.74, 6) is 1.75. The van der Waals surface area contributed by atoms with Gasteiger partial charge in [0, 0.05) is 0 Å². The van der Waals surface area contributed by atoms with E-state index in [4.69, 9.17) is 0 Å². The molecule has 0 aliphatic heterocycles. The second-order valence-corrected chi connectivity index (χ2v) is 9.55. The van der Waals surface area contributed by atoms with Crippen molar-refractivity contribution in [3.63, 3.8) is 0 Å². The van der Waals surface area contributed by atoms with E-state index < -0.39 is 0 Å². The normalized spacial score (nSPS) is 20.3. The number of unbranched alkanes of at least 4 members (excludes halogenated alkanes) is 7. The van der Waals surface area contributed by atoms with E-state index in [0.29, 0.717) is 5.92 Å². The quantitative estimate of drug-likeness (QED) is 0.289. The van der Waals surface area contributed by atoms with Gasteiger partial charge in [0.05, 0.1) is 12.0 Å². The maximum absolute atomic E-state index is 9.79. The van der Waals surface area contributed by atoms with Crippen LogP contribution >= 0.6 is 0 Å². The van der Waals surface area contributed by atoms with E-state index in [1.807, 2.05) is 0 Å². The summed E-state index contributed by atoms with van der Waals surface area (Å²) in [6, 6.07) is 11.8. The summed E-state index contributed by atoms with van der Waals surface area (Å²) in [6.07, 6.45) is 21.1. The van der Waals surface area contributed by atoms with Gasteiger partial charge in [-0.3, -0.25) is 0 Å². The lowest BCUT2D eigenvalue weighted by atomic mass is 9.73. The van der Waals surface area contributed by atoms with Gasteiger partial charge in [0.1, 0.15) is 0 Å². The molecule has 1 atom stereocenters. The Kier molecular flexibility index (Phi) is 12.1. The molecule has 1 aliphatic rings. The van der Waals surface area contributed by atoms with Gasteiger partial charge in [0.15, 0.2) is 0 Å². The molecule has 1 nitrogen and oxygen atoms in total. The molecule has 1 saturated carbocycles. The molecule has 0 saturated heterocycles. The summed E-state index contributed by atoms with van der Waals surface area (Å²) in [6.45, 7) is 4.56. The van der Waals surface area contributed by atoms with E-state index >= 15 is 0 Å². The second-order valence-electron chi connectivity index (χ2n) is 9.55. The monoisotopic (exact) mass is 395 g/mol. The van der Waals surface area contributed by atoms with Crippen LogP contribution in [-0.2, 0) is 12.8 Å². The van der Waals surface area contributed by atoms with Crippen LogP contribution in [0.15, 0.2) is 24.3 Å². The van der Waals surface area contributed by atoms with Crippen molar-refractivity contribution in [3.8, 4) is 6.07 Å². The van der Waals surface area contributed by atoms with Gasteiger partial charge in [0.2, 0.25) is 0 Å². The molecule has 29 heavy (non-hydrogen) atoms. The molecule has 0 aromatic heterocycles. The predicted octanol–water partition coefficient (Wildman–Crippen LogP) is 8.66. The number of nitriles is 1. The third kappa shape index (κ3) is 9.37. The Morgan fingerprint density at radius 2 is 1.38 bits per heavy atom. The molecule has 1 aromatic carbocycles. The Balaban J connectivity index is 1.70. The molecular formula is C28H45N. The zero-order valence-electron chi connectivity index (χ0n) is 19.3. The van der Waals surface area contributed by atoms with Crippen molar-refractivity contribution >= 4 is 0 Å². The molecule has 0 radical (unpaired) electrons. The van der Waals surface area contributed by atoms with Gasteiger partial charge in [-0.05, 0) is 55.1 Å². The van der Waals surface area contributed by atoms with Crippen LogP contribution in [-0.4, -0.2) is 0 Å². The minimum atomic E-state index is 0.205. The summed E-state index contributed by atoms with van der Waals surface area (Å²) >= 11 is 0. The topological polar surface area (TPSA) is 23.8 Å². The van der Waals surface area contributed by atoms with Crippen LogP contribution < -0.4 is 0 Å². The molecule has 1 aromatic rings. The van der Waals surface area contributed by atoms with E-state index in [-0.39, 0.29) is 5.92 Å². The Hall–Kier alpha value is -1.29. The van der Waals surface area contributed by atoms with Crippen molar-refractivity contribution < 1.29 is 0 Å². The van der Waals surface area contributed by atoms with Crippen LogP contribution in [0.25, 0.3) is 0 Å². The summed E-state index contributed by atoms with van der Waals surface area (Å²) < 4.78 is 0. The Bertz CT molecular complexity index is 559. The number of hydrogen-bond donors (Lipinski definition) is 0. The van der Waals surface area contributed by atoms with Gasteiger partial charge < -0.3 is 0 Å². The molecule has 1 heteroatoms. The Labute approximate surface area is 181 Å². The maximum Gasteiger partial charge on any atom is 0.0662 e. The molecule has 2 rings (SSSR count). The second kappa shape index (κ2) is 14.7. The summed E-state index contributed by atoms with van der Waals surface area (Å²) in [7, 11) is 0. The van der Waals surface area contributed by atoms with Crippen LogP contribution in [0.1, 0.15) is 115 Å². The average molecular weight is 396 g/mol. The van der Waals surface area contributed by atoms with Crippen molar-refractivity contribution in [1.82, 2.24) is 0 Å². The van der Waals surface area contributed by atoms with Crippen LogP contribution in [0.5, 0.6) is 0 Å². The Morgan fingerprint density at radius 3 is 2.03 bits per heavy atom. The molecule has 0 heterocycles. The number of aryl methyl sites for hydroxylation is 1. The Morgan fingerprint density at radius 1 is 0.793 bits per heavy atom. The lowest BCUT2D eigenvalue weighted by molar-refractivity contribution is 0.221. The first kappa shape index (κ1) is 24.0. The maximum atomic E-state index is 9.79. The van der Waals surface area contributed by atoms with Crippen molar-refractivity contribution in [2.45, 2.75) is 117 Å². The predicted molar refractivity (Wildman–Crippen MR) is 126 cm³/mol. The van der Waals surface area contributed by atoms with Crippen molar-refractivity contribution in [1.29, 1.82) is 5.26 Å².